The molecule has 6 heteroatoms. The van der Waals surface area contributed by atoms with E-state index in [0.29, 0.717) is 28.5 Å². The highest BCUT2D eigenvalue weighted by molar-refractivity contribution is 8.03. The van der Waals surface area contributed by atoms with Crippen molar-refractivity contribution in [1.82, 2.24) is 4.90 Å². The molecule has 1 aromatic carbocycles. The maximum atomic E-state index is 13.1. The Morgan fingerprint density at radius 2 is 1.82 bits per heavy atom. The van der Waals surface area contributed by atoms with Crippen molar-refractivity contribution in [3.05, 3.63) is 58.9 Å². The molecule has 0 N–H and O–H groups in total. The Labute approximate surface area is 169 Å². The number of benzene rings is 1. The predicted octanol–water partition coefficient (Wildman–Crippen LogP) is 4.88. The number of rotatable bonds is 10. The van der Waals surface area contributed by atoms with Crippen LogP contribution in [0.1, 0.15) is 43.9 Å². The lowest BCUT2D eigenvalue weighted by molar-refractivity contribution is -0.136. The second kappa shape index (κ2) is 9.64. The van der Waals surface area contributed by atoms with E-state index in [9.17, 15) is 9.59 Å². The zero-order valence-electron chi connectivity index (χ0n) is 16.3. The lowest BCUT2D eigenvalue weighted by Gasteiger charge is -2.14. The van der Waals surface area contributed by atoms with Crippen molar-refractivity contribution in [1.29, 1.82) is 0 Å². The van der Waals surface area contributed by atoms with E-state index in [1.54, 1.807) is 25.5 Å². The number of nitrogens with zero attached hydrogens (tertiary/aromatic N) is 1. The summed E-state index contributed by atoms with van der Waals surface area (Å²) in [6.07, 6.45) is 5.67. The average molecular weight is 400 g/mol. The number of hydrogen-bond acceptors (Lipinski definition) is 5. The Bertz CT molecular complexity index is 840. The molecule has 0 unspecified atom stereocenters. The van der Waals surface area contributed by atoms with E-state index in [-0.39, 0.29) is 11.8 Å². The number of amides is 2. The quantitative estimate of drug-likeness (QED) is 0.421. The Hall–Kier alpha value is -2.47. The third-order valence-corrected chi connectivity index (χ3v) is 5.77. The van der Waals surface area contributed by atoms with E-state index >= 15 is 0 Å². The van der Waals surface area contributed by atoms with E-state index in [4.69, 9.17) is 9.15 Å². The van der Waals surface area contributed by atoms with Crippen LogP contribution in [0.4, 0.5) is 0 Å². The van der Waals surface area contributed by atoms with E-state index < -0.39 is 0 Å². The molecule has 2 aromatic rings. The summed E-state index contributed by atoms with van der Waals surface area (Å²) in [6, 6.07) is 10.9. The molecular weight excluding hydrogens is 374 g/mol. The zero-order valence-corrected chi connectivity index (χ0v) is 17.1. The third kappa shape index (κ3) is 4.50. The number of hydrogen-bond donors (Lipinski definition) is 0. The molecule has 0 saturated carbocycles. The molecule has 1 aliphatic heterocycles. The number of carbonyl (C=O) groups is 2. The first-order chi connectivity index (χ1) is 13.7. The SMILES string of the molecule is CCCCCCN1C(=O)C(SCc2ccco2)=C(c2ccc(OC)cc2)C1=O. The summed E-state index contributed by atoms with van der Waals surface area (Å²) in [5.74, 6) is 1.57. The second-order valence-electron chi connectivity index (χ2n) is 6.62. The van der Waals surface area contributed by atoms with E-state index in [0.717, 1.165) is 37.0 Å². The highest BCUT2D eigenvalue weighted by Crippen LogP contribution is 2.38. The summed E-state index contributed by atoms with van der Waals surface area (Å²) in [5.41, 5.74) is 1.21. The fraction of sp³-hybridized carbons (Fsp3) is 0.364. The fourth-order valence-electron chi connectivity index (χ4n) is 3.14. The van der Waals surface area contributed by atoms with Gasteiger partial charge in [-0.1, -0.05) is 38.3 Å². The van der Waals surface area contributed by atoms with Crippen LogP contribution >= 0.6 is 11.8 Å². The smallest absolute Gasteiger partial charge is 0.267 e. The lowest BCUT2D eigenvalue weighted by Crippen LogP contribution is -2.32. The Balaban J connectivity index is 1.85. The molecule has 0 fully saturated rings. The van der Waals surface area contributed by atoms with Gasteiger partial charge in [-0.05, 0) is 36.2 Å². The predicted molar refractivity (Wildman–Crippen MR) is 111 cm³/mol. The molecule has 2 amide bonds. The first-order valence-corrected chi connectivity index (χ1v) is 10.5. The van der Waals surface area contributed by atoms with Crippen LogP contribution in [0.15, 0.2) is 52.0 Å². The Kier molecular flexibility index (Phi) is 6.98. The van der Waals surface area contributed by atoms with Gasteiger partial charge in [0.1, 0.15) is 11.5 Å². The largest absolute Gasteiger partial charge is 0.497 e. The van der Waals surface area contributed by atoms with Crippen molar-refractivity contribution in [2.24, 2.45) is 0 Å². The molecule has 3 rings (SSSR count). The number of thioether (sulfide) groups is 1. The van der Waals surface area contributed by atoms with Gasteiger partial charge in [0.15, 0.2) is 0 Å². The van der Waals surface area contributed by atoms with Crippen molar-refractivity contribution < 1.29 is 18.7 Å². The first-order valence-electron chi connectivity index (χ1n) is 9.55. The van der Waals surface area contributed by atoms with Crippen LogP contribution in [0.2, 0.25) is 0 Å². The van der Waals surface area contributed by atoms with Gasteiger partial charge in [-0.25, -0.2) is 0 Å². The van der Waals surface area contributed by atoms with Crippen molar-refractivity contribution >= 4 is 29.1 Å². The molecule has 0 spiro atoms. The van der Waals surface area contributed by atoms with Crippen molar-refractivity contribution in [2.45, 2.75) is 38.4 Å². The van der Waals surface area contributed by atoms with Crippen LogP contribution in [-0.2, 0) is 15.3 Å². The average Bonchev–Trinajstić information content (AvgIpc) is 3.31. The normalized spacial score (nSPS) is 14.3. The summed E-state index contributed by atoms with van der Waals surface area (Å²) >= 11 is 1.36. The van der Waals surface area contributed by atoms with Crippen LogP contribution in [0, 0.1) is 0 Å². The molecular formula is C22H25NO4S. The first kappa shape index (κ1) is 20.3. The van der Waals surface area contributed by atoms with Gasteiger partial charge < -0.3 is 9.15 Å². The highest BCUT2D eigenvalue weighted by Gasteiger charge is 2.38. The van der Waals surface area contributed by atoms with Gasteiger partial charge in [-0.15, -0.1) is 11.8 Å². The second-order valence-corrected chi connectivity index (χ2v) is 7.61. The van der Waals surface area contributed by atoms with E-state index in [1.165, 1.54) is 16.7 Å². The van der Waals surface area contributed by atoms with Crippen LogP contribution in [0.25, 0.3) is 5.57 Å². The molecule has 0 saturated heterocycles. The minimum atomic E-state index is -0.214. The van der Waals surface area contributed by atoms with Crippen LogP contribution in [0.5, 0.6) is 5.75 Å². The van der Waals surface area contributed by atoms with Crippen molar-refractivity contribution in [3.63, 3.8) is 0 Å². The molecule has 28 heavy (non-hydrogen) atoms. The third-order valence-electron chi connectivity index (χ3n) is 4.68. The highest BCUT2D eigenvalue weighted by atomic mass is 32.2. The summed E-state index contributed by atoms with van der Waals surface area (Å²) in [7, 11) is 1.60. The molecule has 148 valence electrons. The number of methoxy groups -OCH3 is 1. The zero-order chi connectivity index (χ0) is 19.9. The fourth-order valence-corrected chi connectivity index (χ4v) is 4.17. The van der Waals surface area contributed by atoms with Gasteiger partial charge in [0.05, 0.1) is 29.6 Å². The Morgan fingerprint density at radius 1 is 1.04 bits per heavy atom. The van der Waals surface area contributed by atoms with Gasteiger partial charge in [0, 0.05) is 6.54 Å². The molecule has 0 bridgehead atoms. The number of furan rings is 1. The summed E-state index contributed by atoms with van der Waals surface area (Å²) < 4.78 is 10.6. The molecule has 1 aliphatic rings. The number of carbonyl (C=O) groups excluding carboxylic acids is 2. The van der Waals surface area contributed by atoms with Gasteiger partial charge in [0.25, 0.3) is 11.8 Å². The Morgan fingerprint density at radius 3 is 2.46 bits per heavy atom. The van der Waals surface area contributed by atoms with Crippen LogP contribution in [-0.4, -0.2) is 30.4 Å². The van der Waals surface area contributed by atoms with E-state index in [1.807, 2.05) is 24.3 Å². The monoisotopic (exact) mass is 399 g/mol. The minimum absolute atomic E-state index is 0.205. The van der Waals surface area contributed by atoms with Crippen molar-refractivity contribution in [2.75, 3.05) is 13.7 Å². The topological polar surface area (TPSA) is 59.8 Å². The molecule has 1 aromatic heterocycles. The van der Waals surface area contributed by atoms with Gasteiger partial charge in [-0.3, -0.25) is 14.5 Å². The number of unbranched alkanes of at least 4 members (excludes halogenated alkanes) is 3. The van der Waals surface area contributed by atoms with Crippen LogP contribution < -0.4 is 4.74 Å². The molecule has 0 atom stereocenters. The van der Waals surface area contributed by atoms with Gasteiger partial charge in [0.2, 0.25) is 0 Å². The molecule has 0 aliphatic carbocycles. The molecule has 5 nitrogen and oxygen atoms in total. The minimum Gasteiger partial charge on any atom is -0.497 e. The standard InChI is InChI=1S/C22H25NO4S/c1-3-4-5-6-13-23-21(24)19(16-9-11-17(26-2)12-10-16)20(22(23)25)28-15-18-8-7-14-27-18/h7-12,14H,3-6,13,15H2,1-2H3. The summed E-state index contributed by atoms with van der Waals surface area (Å²) in [6.45, 7) is 2.60. The van der Waals surface area contributed by atoms with Gasteiger partial charge >= 0.3 is 0 Å². The number of ether oxygens (including phenoxy) is 1. The summed E-state index contributed by atoms with van der Waals surface area (Å²) in [5, 5.41) is 0. The van der Waals surface area contributed by atoms with E-state index in [2.05, 4.69) is 6.92 Å². The lowest BCUT2D eigenvalue weighted by atomic mass is 10.1. The molecule has 2 heterocycles. The molecule has 0 radical (unpaired) electrons. The summed E-state index contributed by atoms with van der Waals surface area (Å²) in [4.78, 5) is 28.0. The number of imide groups is 1. The maximum Gasteiger partial charge on any atom is 0.267 e. The maximum absolute atomic E-state index is 13.1. The van der Waals surface area contributed by atoms with Gasteiger partial charge in [-0.2, -0.15) is 0 Å². The van der Waals surface area contributed by atoms with Crippen LogP contribution in [0.3, 0.4) is 0 Å². The van der Waals surface area contributed by atoms with Crippen molar-refractivity contribution in [3.8, 4) is 5.75 Å².